The topological polar surface area (TPSA) is 94.8 Å². The Balaban J connectivity index is 1.77. The van der Waals surface area contributed by atoms with Crippen molar-refractivity contribution in [3.05, 3.63) is 53.7 Å². The van der Waals surface area contributed by atoms with Crippen molar-refractivity contribution in [1.29, 1.82) is 0 Å². The van der Waals surface area contributed by atoms with Crippen LogP contribution in [0.1, 0.15) is 23.0 Å². The van der Waals surface area contributed by atoms with Gasteiger partial charge >= 0.3 is 11.9 Å². The number of ether oxygens (including phenoxy) is 2. The number of furan rings is 1. The van der Waals surface area contributed by atoms with E-state index in [-0.39, 0.29) is 24.0 Å². The van der Waals surface area contributed by atoms with Crippen molar-refractivity contribution < 1.29 is 32.7 Å². The van der Waals surface area contributed by atoms with Gasteiger partial charge in [0.05, 0.1) is 19.1 Å². The Labute approximate surface area is 159 Å². The van der Waals surface area contributed by atoms with Crippen molar-refractivity contribution in [2.75, 3.05) is 18.2 Å². The van der Waals surface area contributed by atoms with Gasteiger partial charge < -0.3 is 19.2 Å². The molecule has 0 aliphatic rings. The van der Waals surface area contributed by atoms with Crippen LogP contribution in [0, 0.1) is 5.82 Å². The Bertz CT molecular complexity index is 804. The van der Waals surface area contributed by atoms with E-state index in [1.54, 1.807) is 6.92 Å². The molecule has 27 heavy (non-hydrogen) atoms. The summed E-state index contributed by atoms with van der Waals surface area (Å²) in [5.74, 6) is -1.92. The number of anilines is 1. The number of hydrogen-bond acceptors (Lipinski definition) is 7. The van der Waals surface area contributed by atoms with E-state index >= 15 is 0 Å². The number of carbonyl (C=O) groups excluding carboxylic acids is 3. The number of halogens is 1. The molecule has 0 fully saturated rings. The average Bonchev–Trinajstić information content (AvgIpc) is 3.14. The smallest absolute Gasteiger partial charge is 0.374 e. The molecule has 9 heteroatoms. The Morgan fingerprint density at radius 2 is 1.93 bits per heavy atom. The van der Waals surface area contributed by atoms with Gasteiger partial charge in [0, 0.05) is 11.3 Å². The lowest BCUT2D eigenvalue weighted by Gasteiger charge is -2.11. The van der Waals surface area contributed by atoms with Gasteiger partial charge in [0.25, 0.3) is 0 Å². The first-order valence-corrected chi connectivity index (χ1v) is 8.94. The Morgan fingerprint density at radius 1 is 1.22 bits per heavy atom. The first-order chi connectivity index (χ1) is 12.9. The van der Waals surface area contributed by atoms with Crippen LogP contribution in [0.5, 0.6) is 0 Å². The van der Waals surface area contributed by atoms with Crippen LogP contribution in [0.3, 0.4) is 0 Å². The number of carbonyl (C=O) groups is 3. The summed E-state index contributed by atoms with van der Waals surface area (Å²) in [6.07, 6.45) is 1.30. The van der Waals surface area contributed by atoms with E-state index < -0.39 is 23.0 Å². The summed E-state index contributed by atoms with van der Waals surface area (Å²) < 4.78 is 27.6. The molecule has 144 valence electrons. The van der Waals surface area contributed by atoms with Gasteiger partial charge in [0.15, 0.2) is 0 Å². The molecule has 0 aliphatic carbocycles. The maximum Gasteiger partial charge on any atom is 0.374 e. The van der Waals surface area contributed by atoms with Gasteiger partial charge in [0.1, 0.15) is 17.7 Å². The van der Waals surface area contributed by atoms with E-state index in [2.05, 4.69) is 10.1 Å². The Hall–Kier alpha value is -2.81. The number of amides is 1. The number of hydrogen-bond donors (Lipinski definition) is 1. The highest BCUT2D eigenvalue weighted by Gasteiger charge is 2.20. The van der Waals surface area contributed by atoms with Gasteiger partial charge in [-0.25, -0.2) is 9.18 Å². The maximum absolute atomic E-state index is 12.8. The van der Waals surface area contributed by atoms with Crippen LogP contribution in [-0.4, -0.2) is 36.0 Å². The lowest BCUT2D eigenvalue weighted by atomic mass is 10.2. The van der Waals surface area contributed by atoms with E-state index in [0.29, 0.717) is 11.3 Å². The van der Waals surface area contributed by atoms with Crippen LogP contribution in [-0.2, 0) is 25.7 Å². The van der Waals surface area contributed by atoms with Gasteiger partial charge in [-0.15, -0.1) is 11.8 Å². The molecule has 0 radical (unpaired) electrons. The second kappa shape index (κ2) is 9.77. The van der Waals surface area contributed by atoms with Gasteiger partial charge in [-0.2, -0.15) is 0 Å². The molecule has 0 spiro atoms. The monoisotopic (exact) mass is 395 g/mol. The number of methoxy groups -OCH3 is 1. The molecule has 1 atom stereocenters. The molecule has 0 aliphatic heterocycles. The molecule has 0 bridgehead atoms. The minimum absolute atomic E-state index is 0.0206. The first-order valence-electron chi connectivity index (χ1n) is 7.89. The maximum atomic E-state index is 12.8. The fourth-order valence-corrected chi connectivity index (χ4v) is 2.66. The molecule has 1 aromatic heterocycles. The zero-order valence-electron chi connectivity index (χ0n) is 14.7. The summed E-state index contributed by atoms with van der Waals surface area (Å²) in [5.41, 5.74) is 0.856. The first kappa shape index (κ1) is 20.5. The normalized spacial score (nSPS) is 11.5. The molecular formula is C18H18FNO6S. The van der Waals surface area contributed by atoms with Crippen molar-refractivity contribution in [2.45, 2.75) is 18.8 Å². The molecule has 0 saturated carbocycles. The van der Waals surface area contributed by atoms with Gasteiger partial charge in [-0.05, 0) is 37.3 Å². The largest absolute Gasteiger partial charge is 0.463 e. The zero-order valence-corrected chi connectivity index (χ0v) is 15.5. The third-order valence-corrected chi connectivity index (χ3v) is 4.53. The highest BCUT2D eigenvalue weighted by atomic mass is 32.2. The molecular weight excluding hydrogens is 377 g/mol. The molecule has 0 saturated heterocycles. The molecule has 1 N–H and O–H groups in total. The van der Waals surface area contributed by atoms with E-state index in [0.717, 1.165) is 11.8 Å². The van der Waals surface area contributed by atoms with E-state index in [9.17, 15) is 18.8 Å². The van der Waals surface area contributed by atoms with Gasteiger partial charge in [-0.1, -0.05) is 0 Å². The van der Waals surface area contributed by atoms with Crippen molar-refractivity contribution in [1.82, 2.24) is 0 Å². The Morgan fingerprint density at radius 3 is 2.59 bits per heavy atom. The molecule has 7 nitrogen and oxygen atoms in total. The fourth-order valence-electron chi connectivity index (χ4n) is 1.99. The number of rotatable bonds is 8. The van der Waals surface area contributed by atoms with E-state index in [1.165, 1.54) is 43.7 Å². The predicted octanol–water partition coefficient (Wildman–Crippen LogP) is 3.01. The molecule has 1 unspecified atom stereocenters. The second-order valence-corrected chi connectivity index (χ2v) is 6.71. The summed E-state index contributed by atoms with van der Waals surface area (Å²) >= 11 is 1.09. The van der Waals surface area contributed by atoms with Crippen molar-refractivity contribution >= 4 is 35.3 Å². The van der Waals surface area contributed by atoms with Crippen LogP contribution in [0.25, 0.3) is 0 Å². The Kier molecular flexibility index (Phi) is 7.42. The van der Waals surface area contributed by atoms with Crippen LogP contribution < -0.4 is 5.32 Å². The number of benzene rings is 1. The van der Waals surface area contributed by atoms with E-state index in [4.69, 9.17) is 9.15 Å². The van der Waals surface area contributed by atoms with Crippen LogP contribution >= 0.6 is 11.8 Å². The van der Waals surface area contributed by atoms with Crippen LogP contribution in [0.2, 0.25) is 0 Å². The standard InChI is InChI=1S/C18H18FNO6S/c1-11(27-10-15(21)20-14-5-3-13(19)4-6-14)17(22)26-9-12-7-8-25-16(12)18(23)24-2/h3-8,11H,9-10H2,1-2H3,(H,20,21). The summed E-state index contributed by atoms with van der Waals surface area (Å²) in [7, 11) is 1.22. The molecule has 1 aromatic carbocycles. The van der Waals surface area contributed by atoms with Crippen LogP contribution in [0.15, 0.2) is 41.0 Å². The van der Waals surface area contributed by atoms with Gasteiger partial charge in [-0.3, -0.25) is 9.59 Å². The van der Waals surface area contributed by atoms with Crippen molar-refractivity contribution in [3.8, 4) is 0 Å². The SMILES string of the molecule is COC(=O)c1occc1COC(=O)C(C)SCC(=O)Nc1ccc(F)cc1. The predicted molar refractivity (Wildman–Crippen MR) is 96.8 cm³/mol. The number of thioether (sulfide) groups is 1. The van der Waals surface area contributed by atoms with Crippen molar-refractivity contribution in [3.63, 3.8) is 0 Å². The summed E-state index contributed by atoms with van der Waals surface area (Å²) in [6.45, 7) is 1.46. The highest BCUT2D eigenvalue weighted by Crippen LogP contribution is 2.17. The quantitative estimate of drug-likeness (QED) is 0.687. The minimum Gasteiger partial charge on any atom is -0.463 e. The molecule has 1 heterocycles. The van der Waals surface area contributed by atoms with Gasteiger partial charge in [0.2, 0.25) is 11.7 Å². The molecule has 2 aromatic rings. The third-order valence-electron chi connectivity index (χ3n) is 3.41. The lowest BCUT2D eigenvalue weighted by Crippen LogP contribution is -2.21. The fraction of sp³-hybridized carbons (Fsp3) is 0.278. The molecule has 2 rings (SSSR count). The number of nitrogens with one attached hydrogen (secondary N) is 1. The minimum atomic E-state index is -0.661. The highest BCUT2D eigenvalue weighted by molar-refractivity contribution is 8.01. The van der Waals surface area contributed by atoms with Crippen molar-refractivity contribution in [2.24, 2.45) is 0 Å². The van der Waals surface area contributed by atoms with E-state index in [1.807, 2.05) is 0 Å². The van der Waals surface area contributed by atoms with Crippen LogP contribution in [0.4, 0.5) is 10.1 Å². The number of esters is 2. The molecule has 1 amide bonds. The summed E-state index contributed by atoms with van der Waals surface area (Å²) in [5, 5.41) is 2.00. The second-order valence-electron chi connectivity index (χ2n) is 5.38. The third kappa shape index (κ3) is 6.14. The lowest BCUT2D eigenvalue weighted by molar-refractivity contribution is -0.143. The summed E-state index contributed by atoms with van der Waals surface area (Å²) in [6, 6.07) is 6.87. The summed E-state index contributed by atoms with van der Waals surface area (Å²) in [4.78, 5) is 35.4. The zero-order chi connectivity index (χ0) is 19.8. The average molecular weight is 395 g/mol.